The predicted molar refractivity (Wildman–Crippen MR) is 241 cm³/mol. The van der Waals surface area contributed by atoms with Gasteiger partial charge in [-0.2, -0.15) is 0 Å². The van der Waals surface area contributed by atoms with E-state index in [1.165, 1.54) is 54.2 Å². The summed E-state index contributed by atoms with van der Waals surface area (Å²) in [5.41, 5.74) is 9.14. The minimum atomic E-state index is 1.13. The van der Waals surface area contributed by atoms with Crippen molar-refractivity contribution in [3.63, 3.8) is 0 Å². The molecular weight excluding hydrogens is 677 g/mol. The zero-order valence-corrected chi connectivity index (χ0v) is 30.8. The molecular formula is C54H38N2. The van der Waals surface area contributed by atoms with Crippen LogP contribution < -0.4 is 9.80 Å². The molecule has 0 radical (unpaired) electrons. The number of anilines is 6. The van der Waals surface area contributed by atoms with Crippen LogP contribution in [0.25, 0.3) is 55.2 Å². The van der Waals surface area contributed by atoms with E-state index in [0.717, 1.165) is 34.1 Å². The Labute approximate surface area is 327 Å². The Hall–Kier alpha value is -7.42. The number of rotatable bonds is 8. The van der Waals surface area contributed by atoms with Crippen LogP contribution >= 0.6 is 0 Å². The van der Waals surface area contributed by atoms with E-state index in [2.05, 4.69) is 240 Å². The van der Waals surface area contributed by atoms with Gasteiger partial charge in [-0.15, -0.1) is 0 Å². The molecule has 10 rings (SSSR count). The molecule has 0 saturated carbocycles. The monoisotopic (exact) mass is 714 g/mol. The lowest BCUT2D eigenvalue weighted by Crippen LogP contribution is -2.09. The summed E-state index contributed by atoms with van der Waals surface area (Å²) < 4.78 is 0. The molecule has 0 aliphatic heterocycles. The normalized spacial score (nSPS) is 11.5. The van der Waals surface area contributed by atoms with Gasteiger partial charge in [-0.05, 0) is 139 Å². The predicted octanol–water partition coefficient (Wildman–Crippen LogP) is 15.4. The molecule has 0 heterocycles. The van der Waals surface area contributed by atoms with E-state index in [4.69, 9.17) is 0 Å². The summed E-state index contributed by atoms with van der Waals surface area (Å²) in [5, 5.41) is 9.77. The Morgan fingerprint density at radius 2 is 0.500 bits per heavy atom. The van der Waals surface area contributed by atoms with E-state index in [9.17, 15) is 0 Å². The molecule has 0 saturated heterocycles. The first-order valence-electron chi connectivity index (χ1n) is 19.2. The van der Waals surface area contributed by atoms with Gasteiger partial charge in [-0.25, -0.2) is 0 Å². The Kier molecular flexibility index (Phi) is 8.55. The van der Waals surface area contributed by atoms with E-state index >= 15 is 0 Å². The minimum absolute atomic E-state index is 1.13. The molecule has 0 fully saturated rings. The summed E-state index contributed by atoms with van der Waals surface area (Å²) in [4.78, 5) is 4.68. The molecule has 2 heteroatoms. The lowest BCUT2D eigenvalue weighted by molar-refractivity contribution is 1.29. The quantitative estimate of drug-likeness (QED) is 0.145. The summed E-state index contributed by atoms with van der Waals surface area (Å²) in [6.45, 7) is 0. The lowest BCUT2D eigenvalue weighted by Gasteiger charge is -2.26. The second kappa shape index (κ2) is 14.4. The van der Waals surface area contributed by atoms with E-state index in [1.54, 1.807) is 0 Å². The number of hydrogen-bond donors (Lipinski definition) is 0. The molecule has 0 spiro atoms. The molecule has 56 heavy (non-hydrogen) atoms. The number of hydrogen-bond acceptors (Lipinski definition) is 2. The maximum absolute atomic E-state index is 2.34. The van der Waals surface area contributed by atoms with E-state index in [-0.39, 0.29) is 0 Å². The first-order chi connectivity index (χ1) is 27.7. The highest BCUT2D eigenvalue weighted by atomic mass is 15.1. The van der Waals surface area contributed by atoms with Crippen molar-refractivity contribution >= 4 is 89.4 Å². The van der Waals surface area contributed by atoms with Gasteiger partial charge >= 0.3 is 0 Å². The van der Waals surface area contributed by atoms with Gasteiger partial charge < -0.3 is 9.80 Å². The third kappa shape index (κ3) is 6.55. The molecule has 0 amide bonds. The average molecular weight is 715 g/mol. The average Bonchev–Trinajstić information content (AvgIpc) is 3.26. The number of nitrogens with zero attached hydrogens (tertiary/aromatic N) is 2. The van der Waals surface area contributed by atoms with Crippen LogP contribution in [-0.4, -0.2) is 0 Å². The van der Waals surface area contributed by atoms with E-state index < -0.39 is 0 Å². The molecule has 2 nitrogen and oxygen atoms in total. The second-order valence-corrected chi connectivity index (χ2v) is 14.3. The first kappa shape index (κ1) is 33.2. The zero-order valence-electron chi connectivity index (χ0n) is 30.8. The van der Waals surface area contributed by atoms with Crippen LogP contribution in [0, 0.1) is 0 Å². The molecule has 0 bridgehead atoms. The molecule has 0 unspecified atom stereocenters. The Balaban J connectivity index is 0.929. The highest BCUT2D eigenvalue weighted by Gasteiger charge is 2.15. The van der Waals surface area contributed by atoms with Crippen LogP contribution in [-0.2, 0) is 0 Å². The first-order valence-corrected chi connectivity index (χ1v) is 19.2. The molecule has 0 N–H and O–H groups in total. The van der Waals surface area contributed by atoms with Crippen LogP contribution in [0.5, 0.6) is 0 Å². The van der Waals surface area contributed by atoms with Gasteiger partial charge in [0.15, 0.2) is 0 Å². The second-order valence-electron chi connectivity index (χ2n) is 14.3. The molecule has 0 aliphatic carbocycles. The third-order valence-electron chi connectivity index (χ3n) is 10.7. The maximum atomic E-state index is 2.34. The fourth-order valence-electron chi connectivity index (χ4n) is 7.86. The Morgan fingerprint density at radius 1 is 0.214 bits per heavy atom. The highest BCUT2D eigenvalue weighted by molar-refractivity contribution is 5.96. The summed E-state index contributed by atoms with van der Waals surface area (Å²) in [6, 6.07) is 78.7. The topological polar surface area (TPSA) is 6.48 Å². The molecule has 0 aromatic heterocycles. The van der Waals surface area contributed by atoms with Crippen molar-refractivity contribution in [2.75, 3.05) is 9.80 Å². The SMILES string of the molecule is C(=Cc1ccc2cc(N(c3ccccc3)c3ccc4ccccc4c3)ccc2c1)c1ccc2cc(N(c3ccccc3)c3ccc4ccccc4c3)ccc2c1. The molecule has 0 aliphatic rings. The smallest absolute Gasteiger partial charge is 0.0468 e. The van der Waals surface area contributed by atoms with E-state index in [0.29, 0.717) is 0 Å². The molecule has 10 aromatic rings. The van der Waals surface area contributed by atoms with Gasteiger partial charge in [0.25, 0.3) is 0 Å². The van der Waals surface area contributed by atoms with Crippen molar-refractivity contribution < 1.29 is 0 Å². The van der Waals surface area contributed by atoms with Crippen molar-refractivity contribution in [1.82, 2.24) is 0 Å². The summed E-state index contributed by atoms with van der Waals surface area (Å²) >= 11 is 0. The largest absolute Gasteiger partial charge is 0.310 e. The summed E-state index contributed by atoms with van der Waals surface area (Å²) in [7, 11) is 0. The summed E-state index contributed by atoms with van der Waals surface area (Å²) in [6.07, 6.45) is 4.43. The van der Waals surface area contributed by atoms with Crippen LogP contribution in [0.3, 0.4) is 0 Å². The zero-order chi connectivity index (χ0) is 37.3. The van der Waals surface area contributed by atoms with Crippen LogP contribution in [0.1, 0.15) is 11.1 Å². The van der Waals surface area contributed by atoms with Crippen LogP contribution in [0.15, 0.2) is 218 Å². The highest BCUT2D eigenvalue weighted by Crippen LogP contribution is 2.39. The van der Waals surface area contributed by atoms with Crippen LogP contribution in [0.4, 0.5) is 34.1 Å². The van der Waals surface area contributed by atoms with Crippen LogP contribution in [0.2, 0.25) is 0 Å². The molecule has 0 atom stereocenters. The van der Waals surface area contributed by atoms with Gasteiger partial charge in [-0.1, -0.05) is 146 Å². The number of fused-ring (bicyclic) bond motifs is 4. The number of para-hydroxylation sites is 2. The maximum Gasteiger partial charge on any atom is 0.0468 e. The van der Waals surface area contributed by atoms with Crippen molar-refractivity contribution in [2.24, 2.45) is 0 Å². The summed E-state index contributed by atoms with van der Waals surface area (Å²) in [5.74, 6) is 0. The van der Waals surface area contributed by atoms with E-state index in [1.807, 2.05) is 0 Å². The van der Waals surface area contributed by atoms with Gasteiger partial charge in [0.2, 0.25) is 0 Å². The number of benzene rings is 10. The van der Waals surface area contributed by atoms with Crippen molar-refractivity contribution in [3.8, 4) is 0 Å². The van der Waals surface area contributed by atoms with Crippen molar-refractivity contribution in [3.05, 3.63) is 230 Å². The Morgan fingerprint density at radius 3 is 0.893 bits per heavy atom. The fraction of sp³-hybridized carbons (Fsp3) is 0. The fourth-order valence-corrected chi connectivity index (χ4v) is 7.86. The molecule has 10 aromatic carbocycles. The standard InChI is InChI=1S/C54H38N2/c1-3-15-49(16-4-1)55(51-29-25-41-11-7-9-13-43(41)35-51)53-31-27-45-33-39(21-23-47(45)37-53)19-20-40-22-24-48-38-54(32-28-46(48)34-40)56(50-17-5-2-6-18-50)52-30-26-42-12-8-10-14-44(42)36-52/h1-38H. The van der Waals surface area contributed by atoms with Crippen molar-refractivity contribution in [1.29, 1.82) is 0 Å². The van der Waals surface area contributed by atoms with Gasteiger partial charge in [0.1, 0.15) is 0 Å². The lowest BCUT2D eigenvalue weighted by atomic mass is 10.0. The third-order valence-corrected chi connectivity index (χ3v) is 10.7. The minimum Gasteiger partial charge on any atom is -0.310 e. The van der Waals surface area contributed by atoms with Gasteiger partial charge in [0, 0.05) is 34.1 Å². The van der Waals surface area contributed by atoms with Gasteiger partial charge in [0.05, 0.1) is 0 Å². The Bertz CT molecular complexity index is 2830. The van der Waals surface area contributed by atoms with Crippen molar-refractivity contribution in [2.45, 2.75) is 0 Å². The van der Waals surface area contributed by atoms with Gasteiger partial charge in [-0.3, -0.25) is 0 Å². The molecule has 264 valence electrons.